The van der Waals surface area contributed by atoms with Crippen LogP contribution in [-0.2, 0) is 0 Å². The molecule has 6 radical (unpaired) electrons. The van der Waals surface area contributed by atoms with Gasteiger partial charge in [0.2, 0.25) is 0 Å². The van der Waals surface area contributed by atoms with Gasteiger partial charge in [-0.15, -0.1) is 0 Å². The molecule has 0 aromatic heterocycles. The van der Waals surface area contributed by atoms with Crippen LogP contribution in [0.3, 0.4) is 0 Å². The molecule has 4 heteroatoms. The standard InChI is InChI=1S/Ca.Li.Mg.Na. The Morgan fingerprint density at radius 2 is 1.00 bits per heavy atom. The molecule has 0 fully saturated rings. The van der Waals surface area contributed by atoms with Gasteiger partial charge < -0.3 is 0 Å². The first-order chi connectivity index (χ1) is 0. The molecule has 4 heavy (non-hydrogen) atoms. The summed E-state index contributed by atoms with van der Waals surface area (Å²) in [6, 6.07) is 0. The monoisotopic (exact) mass is 94.0 g/mol. The molecule has 0 nitrogen and oxygen atoms in total. The third-order valence-electron chi connectivity index (χ3n) is 0. The van der Waals surface area contributed by atoms with E-state index in [0.717, 1.165) is 0 Å². The van der Waals surface area contributed by atoms with Crippen molar-refractivity contribution in [3.8, 4) is 0 Å². The zero-order chi connectivity index (χ0) is 0. The Morgan fingerprint density at radius 3 is 1.00 bits per heavy atom. The van der Waals surface area contributed by atoms with Crippen LogP contribution in [0.1, 0.15) is 0 Å². The second-order valence-electron chi connectivity index (χ2n) is 0. The minimum Gasteiger partial charge on any atom is 0 e. The first kappa shape index (κ1) is 25.5. The third kappa shape index (κ3) is 9.16. The first-order valence-electron chi connectivity index (χ1n) is 0. The minimum absolute atomic E-state index is 0. The van der Waals surface area contributed by atoms with Crippen LogP contribution in [0, 0.1) is 0 Å². The second-order valence-corrected chi connectivity index (χ2v) is 0. The van der Waals surface area contributed by atoms with E-state index in [-0.39, 0.29) is 109 Å². The molecule has 0 aliphatic carbocycles. The van der Waals surface area contributed by atoms with E-state index in [1.807, 2.05) is 0 Å². The minimum atomic E-state index is 0. The summed E-state index contributed by atoms with van der Waals surface area (Å²) < 4.78 is 0. The fourth-order valence-corrected chi connectivity index (χ4v) is 0. The van der Waals surface area contributed by atoms with Crippen LogP contribution in [0.15, 0.2) is 0 Å². The summed E-state index contributed by atoms with van der Waals surface area (Å²) in [5.74, 6) is 0. The van der Waals surface area contributed by atoms with E-state index in [2.05, 4.69) is 0 Å². The molecule has 0 rings (SSSR count). The van der Waals surface area contributed by atoms with Crippen molar-refractivity contribution in [3.05, 3.63) is 0 Å². The Morgan fingerprint density at radius 1 is 1.00 bits per heavy atom. The molecule has 0 bridgehead atoms. The molecule has 0 amide bonds. The molecule has 0 N–H and O–H groups in total. The Balaban J connectivity index is 0. The van der Waals surface area contributed by atoms with Gasteiger partial charge in [0.25, 0.3) is 0 Å². The summed E-state index contributed by atoms with van der Waals surface area (Å²) in [6.07, 6.45) is 0. The first-order valence-corrected chi connectivity index (χ1v) is 0. The van der Waals surface area contributed by atoms with Gasteiger partial charge in [0.1, 0.15) is 0 Å². The summed E-state index contributed by atoms with van der Waals surface area (Å²) in [5.41, 5.74) is 0. The number of hydrogen-bond donors (Lipinski definition) is 0. The van der Waals surface area contributed by atoms with Crippen LogP contribution in [0.5, 0.6) is 0 Å². The third-order valence-corrected chi connectivity index (χ3v) is 0. The molecule has 0 aromatic rings. The zero-order valence-corrected chi connectivity index (χ0v) is 9.04. The smallest absolute Gasteiger partial charge is 0 e. The SMILES string of the molecule is [Ca].[Li].[Mg].[Na]. The largest absolute Gasteiger partial charge is 0 e. The quantitative estimate of drug-likeness (QED) is 0.320. The van der Waals surface area contributed by atoms with E-state index in [9.17, 15) is 0 Å². The summed E-state index contributed by atoms with van der Waals surface area (Å²) in [7, 11) is 0. The van der Waals surface area contributed by atoms with Crippen molar-refractivity contribution in [1.82, 2.24) is 0 Å². The zero-order valence-electron chi connectivity index (χ0n) is 3.41. The average Bonchev–Trinajstić information content (AvgIpc) is 0. The molecular formula is CaLiMgNa. The maximum Gasteiger partial charge on any atom is 0 e. The molecule has 0 atom stereocenters. The van der Waals surface area contributed by atoms with Crippen LogP contribution < -0.4 is 0 Å². The Hall–Kier alpha value is 3.62. The number of rotatable bonds is 0. The molecule has 0 saturated carbocycles. The molecule has 0 spiro atoms. The molecule has 0 aliphatic heterocycles. The maximum atomic E-state index is 0. The van der Waals surface area contributed by atoms with Gasteiger partial charge in [-0.1, -0.05) is 0 Å². The van der Waals surface area contributed by atoms with Gasteiger partial charge >= 0.3 is 0 Å². The van der Waals surface area contributed by atoms with E-state index in [0.29, 0.717) is 0 Å². The van der Waals surface area contributed by atoms with Crippen LogP contribution in [0.25, 0.3) is 0 Å². The van der Waals surface area contributed by atoms with Gasteiger partial charge in [-0.2, -0.15) is 0 Å². The molecule has 0 heterocycles. The fraction of sp³-hybridized carbons (Fsp3) is 0. The van der Waals surface area contributed by atoms with Gasteiger partial charge in [-0.25, -0.2) is 0 Å². The van der Waals surface area contributed by atoms with Gasteiger partial charge in [0.15, 0.2) is 0 Å². The van der Waals surface area contributed by atoms with Crippen molar-refractivity contribution in [2.24, 2.45) is 0 Å². The topological polar surface area (TPSA) is 0 Å². The van der Waals surface area contributed by atoms with E-state index in [1.54, 1.807) is 0 Å². The van der Waals surface area contributed by atoms with Crippen LogP contribution >= 0.6 is 0 Å². The predicted molar refractivity (Wildman–Crippen MR) is 23.0 cm³/mol. The second kappa shape index (κ2) is 16.0. The van der Waals surface area contributed by atoms with Crippen LogP contribution in [-0.4, -0.2) is 109 Å². The molecule has 0 aliphatic rings. The Labute approximate surface area is 106 Å². The van der Waals surface area contributed by atoms with E-state index >= 15 is 0 Å². The summed E-state index contributed by atoms with van der Waals surface area (Å²) in [6.45, 7) is 0. The van der Waals surface area contributed by atoms with Crippen molar-refractivity contribution in [2.75, 3.05) is 0 Å². The van der Waals surface area contributed by atoms with E-state index in [4.69, 9.17) is 0 Å². The fourth-order valence-electron chi connectivity index (χ4n) is 0. The van der Waals surface area contributed by atoms with Crippen molar-refractivity contribution in [2.45, 2.75) is 0 Å². The van der Waals surface area contributed by atoms with Crippen molar-refractivity contribution < 1.29 is 0 Å². The van der Waals surface area contributed by atoms with Crippen molar-refractivity contribution in [3.63, 3.8) is 0 Å². The molecule has 0 saturated heterocycles. The van der Waals surface area contributed by atoms with E-state index < -0.39 is 0 Å². The summed E-state index contributed by atoms with van der Waals surface area (Å²) >= 11 is 0. The van der Waals surface area contributed by atoms with Crippen molar-refractivity contribution in [1.29, 1.82) is 0 Å². The Bertz CT molecular complexity index is 8.00. The van der Waals surface area contributed by atoms with Gasteiger partial charge in [0.05, 0.1) is 0 Å². The average molecular weight is 94.3 g/mol. The predicted octanol–water partition coefficient (Wildman–Crippen LogP) is -1.52. The summed E-state index contributed by atoms with van der Waals surface area (Å²) in [4.78, 5) is 0. The number of hydrogen-bond acceptors (Lipinski definition) is 0. The van der Waals surface area contributed by atoms with E-state index in [1.165, 1.54) is 0 Å². The normalized spacial score (nSPS) is 0. The van der Waals surface area contributed by atoms with Crippen LogP contribution in [0.2, 0.25) is 0 Å². The van der Waals surface area contributed by atoms with Gasteiger partial charge in [0, 0.05) is 109 Å². The summed E-state index contributed by atoms with van der Waals surface area (Å²) in [5, 5.41) is 0. The van der Waals surface area contributed by atoms with Crippen LogP contribution in [0.4, 0.5) is 0 Å². The molecular weight excluding hydrogens is 94.3 g/mol. The van der Waals surface area contributed by atoms with Gasteiger partial charge in [-0.3, -0.25) is 0 Å². The van der Waals surface area contributed by atoms with Gasteiger partial charge in [-0.05, 0) is 0 Å². The maximum absolute atomic E-state index is 0. The molecule has 0 unspecified atom stereocenters. The molecule has 0 aromatic carbocycles. The van der Waals surface area contributed by atoms with Crippen molar-refractivity contribution >= 4 is 109 Å². The molecule has 6 valence electrons. The Kier molecular flexibility index (Phi) is 102.